The first-order valence-corrected chi connectivity index (χ1v) is 12.5. The number of pyridine rings is 1. The molecular weight excluding hydrogens is 448 g/mol. The average molecular weight is 477 g/mol. The van der Waals surface area contributed by atoms with E-state index in [1.54, 1.807) is 17.5 Å². The highest BCUT2D eigenvalue weighted by molar-refractivity contribution is 7.21. The normalized spacial score (nSPS) is 14.5. The first kappa shape index (κ1) is 22.3. The fourth-order valence-electron chi connectivity index (χ4n) is 4.39. The molecule has 34 heavy (non-hydrogen) atoms. The van der Waals surface area contributed by atoms with Gasteiger partial charge < -0.3 is 20.1 Å². The van der Waals surface area contributed by atoms with Crippen molar-refractivity contribution in [3.05, 3.63) is 54.4 Å². The minimum absolute atomic E-state index is 0.0413. The van der Waals surface area contributed by atoms with Crippen molar-refractivity contribution in [2.24, 2.45) is 0 Å². The highest BCUT2D eigenvalue weighted by atomic mass is 32.1. The third-order valence-electron chi connectivity index (χ3n) is 6.23. The number of aromatic amines is 1. The molecule has 3 aromatic heterocycles. The average Bonchev–Trinajstić information content (AvgIpc) is 3.39. The number of carbonyl (C=O) groups excluding carboxylic acids is 2. The van der Waals surface area contributed by atoms with Gasteiger partial charge in [0.15, 0.2) is 5.13 Å². The molecule has 1 saturated heterocycles. The molecule has 0 unspecified atom stereocenters. The van der Waals surface area contributed by atoms with E-state index >= 15 is 0 Å². The Morgan fingerprint density at radius 3 is 2.88 bits per heavy atom. The molecule has 4 aromatic rings. The van der Waals surface area contributed by atoms with E-state index in [9.17, 15) is 9.59 Å². The van der Waals surface area contributed by atoms with Crippen molar-refractivity contribution in [3.8, 4) is 0 Å². The number of anilines is 1. The van der Waals surface area contributed by atoms with Gasteiger partial charge in [-0.3, -0.25) is 9.59 Å². The van der Waals surface area contributed by atoms with Crippen molar-refractivity contribution >= 4 is 49.5 Å². The summed E-state index contributed by atoms with van der Waals surface area (Å²) in [4.78, 5) is 42.4. The van der Waals surface area contributed by atoms with Crippen LogP contribution < -0.4 is 10.2 Å². The Bertz CT molecular complexity index is 1270. The minimum Gasteiger partial charge on any atom is -0.361 e. The summed E-state index contributed by atoms with van der Waals surface area (Å²) in [6.07, 6.45) is 5.87. The Labute approximate surface area is 202 Å². The third-order valence-corrected chi connectivity index (χ3v) is 7.27. The van der Waals surface area contributed by atoms with E-state index in [-0.39, 0.29) is 24.7 Å². The molecule has 1 aliphatic heterocycles. The summed E-state index contributed by atoms with van der Waals surface area (Å²) in [5.74, 6) is -0.0359. The maximum absolute atomic E-state index is 12.7. The van der Waals surface area contributed by atoms with Crippen LogP contribution >= 0.6 is 11.3 Å². The number of amides is 2. The van der Waals surface area contributed by atoms with Crippen LogP contribution in [0.25, 0.3) is 21.3 Å². The number of carbonyl (C=O) groups is 2. The van der Waals surface area contributed by atoms with Gasteiger partial charge in [0, 0.05) is 68.9 Å². The Balaban J connectivity index is 1.06. The lowest BCUT2D eigenvalue weighted by Crippen LogP contribution is -2.36. The molecular formula is C25H28N6O2S. The highest BCUT2D eigenvalue weighted by Crippen LogP contribution is 2.27. The van der Waals surface area contributed by atoms with Gasteiger partial charge in [0.25, 0.3) is 0 Å². The molecule has 4 heterocycles. The van der Waals surface area contributed by atoms with Crippen LogP contribution in [0.3, 0.4) is 0 Å². The van der Waals surface area contributed by atoms with Crippen LogP contribution in [0.5, 0.6) is 0 Å². The maximum atomic E-state index is 12.7. The monoisotopic (exact) mass is 476 g/mol. The number of nitrogens with one attached hydrogen (secondary N) is 2. The third kappa shape index (κ3) is 5.04. The standard InChI is InChI=1S/C25H28N6O2S/c32-22(26-12-10-18-17-28-20-6-2-1-5-19(18)20)8-9-23(33)30-13-4-14-31(16-15-30)25-29-21-7-3-11-27-24(21)34-25/h1-3,5-7,11,17,28H,4,8-10,12-16H2,(H,26,32). The summed E-state index contributed by atoms with van der Waals surface area (Å²) < 4.78 is 0. The fraction of sp³-hybridized carbons (Fsp3) is 0.360. The van der Waals surface area contributed by atoms with E-state index in [0.29, 0.717) is 19.6 Å². The topological polar surface area (TPSA) is 94.2 Å². The molecule has 9 heteroatoms. The van der Waals surface area contributed by atoms with Gasteiger partial charge in [-0.15, -0.1) is 0 Å². The van der Waals surface area contributed by atoms with Crippen LogP contribution in [0, 0.1) is 0 Å². The number of thiazole rings is 1. The Morgan fingerprint density at radius 1 is 1.06 bits per heavy atom. The summed E-state index contributed by atoms with van der Waals surface area (Å²) in [5.41, 5.74) is 3.20. The predicted molar refractivity (Wildman–Crippen MR) is 135 cm³/mol. The number of fused-ring (bicyclic) bond motifs is 2. The van der Waals surface area contributed by atoms with Crippen LogP contribution in [-0.2, 0) is 16.0 Å². The molecule has 0 atom stereocenters. The first-order chi connectivity index (χ1) is 16.7. The van der Waals surface area contributed by atoms with Crippen LogP contribution in [0.2, 0.25) is 0 Å². The fourth-order valence-corrected chi connectivity index (χ4v) is 5.35. The molecule has 8 nitrogen and oxygen atoms in total. The van der Waals surface area contributed by atoms with Gasteiger partial charge >= 0.3 is 0 Å². The minimum atomic E-state index is -0.0772. The second kappa shape index (κ2) is 10.2. The van der Waals surface area contributed by atoms with Gasteiger partial charge in [-0.2, -0.15) is 0 Å². The number of nitrogens with zero attached hydrogens (tertiary/aromatic N) is 4. The summed E-state index contributed by atoms with van der Waals surface area (Å²) in [6.45, 7) is 3.51. The van der Waals surface area contributed by atoms with Crippen LogP contribution in [0.1, 0.15) is 24.8 Å². The van der Waals surface area contributed by atoms with Crippen LogP contribution in [0.15, 0.2) is 48.8 Å². The van der Waals surface area contributed by atoms with Crippen molar-refractivity contribution in [1.29, 1.82) is 0 Å². The summed E-state index contributed by atoms with van der Waals surface area (Å²) in [6, 6.07) is 12.0. The maximum Gasteiger partial charge on any atom is 0.223 e. The number of para-hydroxylation sites is 1. The van der Waals surface area contributed by atoms with Gasteiger partial charge in [-0.05, 0) is 36.6 Å². The SMILES string of the molecule is O=C(CCC(=O)N1CCCN(c2nc3cccnc3s2)CC1)NCCc1c[nH]c2ccccc12. The van der Waals surface area contributed by atoms with Gasteiger partial charge in [-0.1, -0.05) is 29.5 Å². The van der Waals surface area contributed by atoms with E-state index in [1.165, 1.54) is 10.9 Å². The van der Waals surface area contributed by atoms with Crippen molar-refractivity contribution in [2.45, 2.75) is 25.7 Å². The lowest BCUT2D eigenvalue weighted by molar-refractivity contribution is -0.133. The largest absolute Gasteiger partial charge is 0.361 e. The van der Waals surface area contributed by atoms with Crippen molar-refractivity contribution < 1.29 is 9.59 Å². The smallest absolute Gasteiger partial charge is 0.223 e. The van der Waals surface area contributed by atoms with E-state index in [0.717, 1.165) is 46.9 Å². The Kier molecular flexibility index (Phi) is 6.71. The molecule has 5 rings (SSSR count). The molecule has 2 amide bonds. The highest BCUT2D eigenvalue weighted by Gasteiger charge is 2.21. The van der Waals surface area contributed by atoms with E-state index in [1.807, 2.05) is 41.4 Å². The quantitative estimate of drug-likeness (QED) is 0.427. The predicted octanol–water partition coefficient (Wildman–Crippen LogP) is 3.35. The second-order valence-electron chi connectivity index (χ2n) is 8.50. The van der Waals surface area contributed by atoms with E-state index in [2.05, 4.69) is 26.3 Å². The van der Waals surface area contributed by atoms with Gasteiger partial charge in [0.05, 0.1) is 0 Å². The second-order valence-corrected chi connectivity index (χ2v) is 9.46. The number of hydrogen-bond acceptors (Lipinski definition) is 6. The molecule has 0 spiro atoms. The van der Waals surface area contributed by atoms with Gasteiger partial charge in [0.2, 0.25) is 11.8 Å². The lowest BCUT2D eigenvalue weighted by Gasteiger charge is -2.21. The molecule has 1 fully saturated rings. The lowest BCUT2D eigenvalue weighted by atomic mass is 10.1. The van der Waals surface area contributed by atoms with Crippen LogP contribution in [-0.4, -0.2) is 64.4 Å². The van der Waals surface area contributed by atoms with Crippen molar-refractivity contribution in [1.82, 2.24) is 25.2 Å². The molecule has 1 aromatic carbocycles. The van der Waals surface area contributed by atoms with E-state index < -0.39 is 0 Å². The zero-order chi connectivity index (χ0) is 23.3. The van der Waals surface area contributed by atoms with Gasteiger partial charge in [0.1, 0.15) is 10.3 Å². The molecule has 0 saturated carbocycles. The van der Waals surface area contributed by atoms with Crippen molar-refractivity contribution in [2.75, 3.05) is 37.6 Å². The van der Waals surface area contributed by atoms with Gasteiger partial charge in [-0.25, -0.2) is 9.97 Å². The van der Waals surface area contributed by atoms with Crippen molar-refractivity contribution in [3.63, 3.8) is 0 Å². The number of rotatable bonds is 7. The summed E-state index contributed by atoms with van der Waals surface area (Å²) in [5, 5.41) is 5.09. The zero-order valence-electron chi connectivity index (χ0n) is 19.0. The van der Waals surface area contributed by atoms with Crippen LogP contribution in [0.4, 0.5) is 5.13 Å². The Hall–Kier alpha value is -3.46. The summed E-state index contributed by atoms with van der Waals surface area (Å²) >= 11 is 1.59. The molecule has 0 aliphatic carbocycles. The zero-order valence-corrected chi connectivity index (χ0v) is 19.8. The first-order valence-electron chi connectivity index (χ1n) is 11.7. The molecule has 0 radical (unpaired) electrons. The summed E-state index contributed by atoms with van der Waals surface area (Å²) in [7, 11) is 0. The van der Waals surface area contributed by atoms with E-state index in [4.69, 9.17) is 4.98 Å². The molecule has 176 valence electrons. The Morgan fingerprint density at radius 2 is 1.97 bits per heavy atom. The number of H-pyrrole nitrogens is 1. The molecule has 2 N–H and O–H groups in total. The molecule has 0 bridgehead atoms. The number of hydrogen-bond donors (Lipinski definition) is 2. The number of aromatic nitrogens is 3. The molecule has 1 aliphatic rings. The number of benzene rings is 1.